The van der Waals surface area contributed by atoms with Crippen LogP contribution in [0.1, 0.15) is 47.8 Å². The van der Waals surface area contributed by atoms with Crippen molar-refractivity contribution in [2.24, 2.45) is 0 Å². The zero-order valence-electron chi connectivity index (χ0n) is 21.0. The second-order valence-corrected chi connectivity index (χ2v) is 11.5. The van der Waals surface area contributed by atoms with Crippen molar-refractivity contribution in [3.8, 4) is 5.75 Å². The average molecular weight is 495 g/mol. The first-order valence-electron chi connectivity index (χ1n) is 11.6. The van der Waals surface area contributed by atoms with Crippen LogP contribution in [-0.4, -0.2) is 33.7 Å². The lowest BCUT2D eigenvalue weighted by Gasteiger charge is -2.23. The molecule has 0 aliphatic heterocycles. The van der Waals surface area contributed by atoms with E-state index in [1.54, 1.807) is 24.3 Å². The van der Waals surface area contributed by atoms with E-state index in [2.05, 4.69) is 26.1 Å². The van der Waals surface area contributed by atoms with E-state index in [1.807, 2.05) is 55.5 Å². The molecule has 0 radical (unpaired) electrons. The topological polar surface area (TPSA) is 75.7 Å². The van der Waals surface area contributed by atoms with Crippen LogP contribution in [-0.2, 0) is 22.0 Å². The summed E-state index contributed by atoms with van der Waals surface area (Å²) in [5, 5.41) is 2.86. The van der Waals surface area contributed by atoms with Gasteiger partial charge >= 0.3 is 0 Å². The quantitative estimate of drug-likeness (QED) is 0.422. The van der Waals surface area contributed by atoms with Crippen molar-refractivity contribution in [3.63, 3.8) is 0 Å². The van der Waals surface area contributed by atoms with E-state index in [1.165, 1.54) is 10.6 Å². The molecule has 0 saturated carbocycles. The largest absolute Gasteiger partial charge is 0.491 e. The Morgan fingerprint density at radius 1 is 0.943 bits per heavy atom. The minimum atomic E-state index is -3.51. The van der Waals surface area contributed by atoms with Gasteiger partial charge < -0.3 is 10.1 Å². The van der Waals surface area contributed by atoms with Crippen LogP contribution in [0.3, 0.4) is 0 Å². The van der Waals surface area contributed by atoms with E-state index in [0.717, 1.165) is 22.4 Å². The van der Waals surface area contributed by atoms with E-state index >= 15 is 0 Å². The third-order valence-corrected chi connectivity index (χ3v) is 6.87. The molecule has 0 aromatic heterocycles. The van der Waals surface area contributed by atoms with Gasteiger partial charge in [0, 0.05) is 5.56 Å². The fourth-order valence-corrected chi connectivity index (χ4v) is 4.64. The van der Waals surface area contributed by atoms with Crippen LogP contribution < -0.4 is 14.4 Å². The van der Waals surface area contributed by atoms with Crippen LogP contribution in [0.15, 0.2) is 72.8 Å². The van der Waals surface area contributed by atoms with Crippen molar-refractivity contribution in [2.45, 2.75) is 39.7 Å². The number of anilines is 1. The smallest absolute Gasteiger partial charge is 0.251 e. The van der Waals surface area contributed by atoms with Crippen LogP contribution in [0.25, 0.3) is 0 Å². The third-order valence-electron chi connectivity index (χ3n) is 5.73. The van der Waals surface area contributed by atoms with Crippen molar-refractivity contribution in [2.75, 3.05) is 23.7 Å². The lowest BCUT2D eigenvalue weighted by molar-refractivity contribution is 0.0947. The van der Waals surface area contributed by atoms with Gasteiger partial charge in [0.15, 0.2) is 0 Å². The highest BCUT2D eigenvalue weighted by Crippen LogP contribution is 2.30. The van der Waals surface area contributed by atoms with Gasteiger partial charge in [0.2, 0.25) is 10.0 Å². The first-order chi connectivity index (χ1) is 16.5. The van der Waals surface area contributed by atoms with Gasteiger partial charge in [-0.05, 0) is 59.4 Å². The number of hydrogen-bond acceptors (Lipinski definition) is 4. The van der Waals surface area contributed by atoms with Crippen LogP contribution in [0.2, 0.25) is 0 Å². The van der Waals surface area contributed by atoms with Gasteiger partial charge in [0.1, 0.15) is 12.4 Å². The van der Waals surface area contributed by atoms with E-state index in [-0.39, 0.29) is 17.9 Å². The predicted molar refractivity (Wildman–Crippen MR) is 142 cm³/mol. The summed E-state index contributed by atoms with van der Waals surface area (Å²) in [6.07, 6.45) is 1.18. The summed E-state index contributed by atoms with van der Waals surface area (Å²) in [5.41, 5.74) is 3.98. The van der Waals surface area contributed by atoms with Crippen LogP contribution in [0.5, 0.6) is 5.75 Å². The molecule has 3 rings (SSSR count). The number of hydrogen-bond donors (Lipinski definition) is 1. The van der Waals surface area contributed by atoms with Gasteiger partial charge in [-0.1, -0.05) is 63.2 Å². The number of aryl methyl sites for hydroxylation is 1. The Hall–Kier alpha value is -3.32. The molecule has 0 bridgehead atoms. The molecule has 35 heavy (non-hydrogen) atoms. The molecule has 3 aromatic carbocycles. The number of para-hydroxylation sites is 1. The first-order valence-corrected chi connectivity index (χ1v) is 13.4. The van der Waals surface area contributed by atoms with Crippen molar-refractivity contribution in [3.05, 3.63) is 95.1 Å². The Kier molecular flexibility index (Phi) is 8.22. The Morgan fingerprint density at radius 3 is 2.20 bits per heavy atom. The molecule has 0 saturated heterocycles. The molecule has 6 nitrogen and oxygen atoms in total. The van der Waals surface area contributed by atoms with Crippen LogP contribution >= 0.6 is 0 Å². The summed E-state index contributed by atoms with van der Waals surface area (Å²) < 4.78 is 32.2. The minimum Gasteiger partial charge on any atom is -0.491 e. The number of amides is 1. The second kappa shape index (κ2) is 11.0. The number of benzene rings is 3. The van der Waals surface area contributed by atoms with E-state index in [9.17, 15) is 13.2 Å². The number of carbonyl (C=O) groups excluding carboxylic acids is 1. The SMILES string of the molecule is Cc1ccccc1CN(c1ccc(C(=O)NCCOc2ccccc2C(C)(C)C)cc1)S(C)(=O)=O. The molecule has 0 atom stereocenters. The molecule has 0 aliphatic carbocycles. The Labute approximate surface area is 209 Å². The number of rotatable bonds is 9. The summed E-state index contributed by atoms with van der Waals surface area (Å²) in [6, 6.07) is 22.2. The van der Waals surface area contributed by atoms with E-state index < -0.39 is 10.0 Å². The molecule has 7 heteroatoms. The fraction of sp³-hybridized carbons (Fsp3) is 0.321. The maximum atomic E-state index is 12.6. The number of ether oxygens (including phenoxy) is 1. The standard InChI is InChI=1S/C28H34N2O4S/c1-21-10-6-7-11-23(21)20-30(35(5,32)33)24-16-14-22(15-17-24)27(31)29-18-19-34-26-13-9-8-12-25(26)28(2,3)4/h6-17H,18-20H2,1-5H3,(H,29,31). The van der Waals surface area contributed by atoms with Crippen molar-refractivity contribution in [1.82, 2.24) is 5.32 Å². The van der Waals surface area contributed by atoms with Gasteiger partial charge in [-0.25, -0.2) is 8.42 Å². The Bertz CT molecular complexity index is 1260. The highest BCUT2D eigenvalue weighted by molar-refractivity contribution is 7.92. The average Bonchev–Trinajstić information content (AvgIpc) is 2.80. The van der Waals surface area contributed by atoms with Crippen LogP contribution in [0, 0.1) is 6.92 Å². The summed E-state index contributed by atoms with van der Waals surface area (Å²) >= 11 is 0. The van der Waals surface area contributed by atoms with Crippen molar-refractivity contribution < 1.29 is 17.9 Å². The monoisotopic (exact) mass is 494 g/mol. The zero-order chi connectivity index (χ0) is 25.6. The Morgan fingerprint density at radius 2 is 1.57 bits per heavy atom. The highest BCUT2D eigenvalue weighted by Gasteiger charge is 2.20. The van der Waals surface area contributed by atoms with Crippen molar-refractivity contribution in [1.29, 1.82) is 0 Å². The van der Waals surface area contributed by atoms with E-state index in [4.69, 9.17) is 4.74 Å². The van der Waals surface area contributed by atoms with Gasteiger partial charge in [-0.2, -0.15) is 0 Å². The molecular weight excluding hydrogens is 460 g/mol. The molecule has 0 fully saturated rings. The third kappa shape index (κ3) is 7.09. The minimum absolute atomic E-state index is 0.0410. The van der Waals surface area contributed by atoms with E-state index in [0.29, 0.717) is 24.4 Å². The normalized spacial score (nSPS) is 11.7. The lowest BCUT2D eigenvalue weighted by atomic mass is 9.86. The van der Waals surface area contributed by atoms with Gasteiger partial charge in [0.25, 0.3) is 5.91 Å². The molecule has 0 heterocycles. The highest BCUT2D eigenvalue weighted by atomic mass is 32.2. The summed E-state index contributed by atoms with van der Waals surface area (Å²) in [4.78, 5) is 12.6. The number of nitrogens with zero attached hydrogens (tertiary/aromatic N) is 1. The van der Waals surface area contributed by atoms with Crippen LogP contribution in [0.4, 0.5) is 5.69 Å². The fourth-order valence-electron chi connectivity index (χ4n) is 3.76. The maximum absolute atomic E-state index is 12.6. The molecule has 186 valence electrons. The predicted octanol–water partition coefficient (Wildman–Crippen LogP) is 5.07. The molecule has 3 aromatic rings. The molecule has 0 aliphatic rings. The first kappa shape index (κ1) is 26.3. The number of sulfonamides is 1. The maximum Gasteiger partial charge on any atom is 0.251 e. The van der Waals surface area contributed by atoms with Crippen molar-refractivity contribution >= 4 is 21.6 Å². The van der Waals surface area contributed by atoms with Gasteiger partial charge in [0.05, 0.1) is 25.0 Å². The molecule has 1 N–H and O–H groups in total. The molecule has 0 spiro atoms. The summed E-state index contributed by atoms with van der Waals surface area (Å²) in [6.45, 7) is 9.27. The second-order valence-electron chi connectivity index (χ2n) is 9.59. The summed E-state index contributed by atoms with van der Waals surface area (Å²) in [5.74, 6) is 0.571. The summed E-state index contributed by atoms with van der Waals surface area (Å²) in [7, 11) is -3.51. The number of carbonyl (C=O) groups is 1. The number of nitrogens with one attached hydrogen (secondary N) is 1. The van der Waals surface area contributed by atoms with Gasteiger partial charge in [-0.15, -0.1) is 0 Å². The van der Waals surface area contributed by atoms with Gasteiger partial charge in [-0.3, -0.25) is 9.10 Å². The molecular formula is C28H34N2O4S. The lowest BCUT2D eigenvalue weighted by Crippen LogP contribution is -2.30. The zero-order valence-corrected chi connectivity index (χ0v) is 21.9. The Balaban J connectivity index is 1.62. The molecule has 1 amide bonds. The molecule has 0 unspecified atom stereocenters.